The Bertz CT molecular complexity index is 384. The lowest BCUT2D eigenvalue weighted by Crippen LogP contribution is -2.42. The second-order valence-electron chi connectivity index (χ2n) is 5.51. The van der Waals surface area contributed by atoms with Crippen molar-refractivity contribution < 1.29 is 5.11 Å². The van der Waals surface area contributed by atoms with Crippen molar-refractivity contribution in [3.63, 3.8) is 0 Å². The number of rotatable bonds is 4. The van der Waals surface area contributed by atoms with Gasteiger partial charge in [0.1, 0.15) is 0 Å². The zero-order chi connectivity index (χ0) is 13.0. The molecular weight excluding hydrogens is 222 g/mol. The number of aliphatic hydroxyl groups is 1. The fraction of sp³-hybridized carbons (Fsp3) is 0.625. The number of β-amino-alcohol motifs (C(OH)–C–C–N with tert-alkyl or cyclic N) is 1. The minimum atomic E-state index is -0.515. The van der Waals surface area contributed by atoms with Crippen molar-refractivity contribution in [3.8, 4) is 0 Å². The summed E-state index contributed by atoms with van der Waals surface area (Å²) in [5.41, 5.74) is 2.40. The van der Waals surface area contributed by atoms with Crippen LogP contribution in [0, 0.1) is 0 Å². The van der Waals surface area contributed by atoms with Crippen LogP contribution < -0.4 is 0 Å². The van der Waals surface area contributed by atoms with Crippen LogP contribution in [0.5, 0.6) is 0 Å². The summed E-state index contributed by atoms with van der Waals surface area (Å²) in [4.78, 5) is 2.42. The molecule has 0 saturated heterocycles. The normalized spacial score (nSPS) is 17.3. The summed E-state index contributed by atoms with van der Waals surface area (Å²) in [5.74, 6) is 0. The van der Waals surface area contributed by atoms with E-state index in [1.165, 1.54) is 24.0 Å². The van der Waals surface area contributed by atoms with E-state index in [0.717, 1.165) is 32.5 Å². The van der Waals surface area contributed by atoms with Crippen LogP contribution in [0.1, 0.15) is 44.2 Å². The molecule has 100 valence electrons. The standard InChI is InChI=1S/C16H25NO/c1-3-16(18,4-2)13-17-11-7-10-14-8-5-6-9-15(14)12-17/h5-6,8-9,18H,3-4,7,10-13H2,1-2H3. The zero-order valence-electron chi connectivity index (χ0n) is 11.7. The Morgan fingerprint density at radius 3 is 2.50 bits per heavy atom. The van der Waals surface area contributed by atoms with Crippen LogP contribution in [0.25, 0.3) is 0 Å². The molecule has 0 saturated carbocycles. The maximum Gasteiger partial charge on any atom is 0.0769 e. The van der Waals surface area contributed by atoms with Crippen LogP contribution in [-0.2, 0) is 13.0 Å². The predicted octanol–water partition coefficient (Wildman–Crippen LogP) is 2.99. The lowest BCUT2D eigenvalue weighted by molar-refractivity contribution is -0.00517. The number of hydrogen-bond donors (Lipinski definition) is 1. The second kappa shape index (κ2) is 5.85. The van der Waals surface area contributed by atoms with Crippen molar-refractivity contribution >= 4 is 0 Å². The van der Waals surface area contributed by atoms with Gasteiger partial charge in [-0.05, 0) is 43.4 Å². The Morgan fingerprint density at radius 1 is 1.17 bits per heavy atom. The van der Waals surface area contributed by atoms with E-state index < -0.39 is 5.60 Å². The van der Waals surface area contributed by atoms with Crippen molar-refractivity contribution in [1.82, 2.24) is 4.90 Å². The summed E-state index contributed by atoms with van der Waals surface area (Å²) in [7, 11) is 0. The Labute approximate surface area is 111 Å². The van der Waals surface area contributed by atoms with Crippen LogP contribution in [0.15, 0.2) is 24.3 Å². The molecule has 2 nitrogen and oxygen atoms in total. The lowest BCUT2D eigenvalue weighted by atomic mass is 9.96. The molecule has 1 aromatic rings. The summed E-state index contributed by atoms with van der Waals surface area (Å²) in [6, 6.07) is 8.71. The molecule has 1 heterocycles. The number of benzene rings is 1. The number of hydrogen-bond acceptors (Lipinski definition) is 2. The Balaban J connectivity index is 2.08. The molecule has 1 aliphatic rings. The number of nitrogens with zero attached hydrogens (tertiary/aromatic N) is 1. The largest absolute Gasteiger partial charge is 0.389 e. The molecule has 0 radical (unpaired) electrons. The van der Waals surface area contributed by atoms with Crippen LogP contribution in [0.4, 0.5) is 0 Å². The van der Waals surface area contributed by atoms with E-state index in [1.54, 1.807) is 0 Å². The lowest BCUT2D eigenvalue weighted by Gasteiger charge is -2.32. The molecule has 2 rings (SSSR count). The molecule has 0 spiro atoms. The van der Waals surface area contributed by atoms with Crippen molar-refractivity contribution in [2.45, 2.75) is 51.7 Å². The van der Waals surface area contributed by atoms with Gasteiger partial charge in [0.05, 0.1) is 5.60 Å². The zero-order valence-corrected chi connectivity index (χ0v) is 11.7. The first-order valence-corrected chi connectivity index (χ1v) is 7.18. The minimum absolute atomic E-state index is 0.515. The molecule has 1 aliphatic heterocycles. The first kappa shape index (κ1) is 13.6. The van der Waals surface area contributed by atoms with Crippen molar-refractivity contribution in [2.75, 3.05) is 13.1 Å². The van der Waals surface area contributed by atoms with Gasteiger partial charge in [0.25, 0.3) is 0 Å². The van der Waals surface area contributed by atoms with E-state index in [9.17, 15) is 5.11 Å². The molecule has 0 fully saturated rings. The summed E-state index contributed by atoms with van der Waals surface area (Å²) < 4.78 is 0. The highest BCUT2D eigenvalue weighted by Crippen LogP contribution is 2.22. The Kier molecular flexibility index (Phi) is 4.41. The molecule has 0 bridgehead atoms. The van der Waals surface area contributed by atoms with E-state index in [1.807, 2.05) is 0 Å². The Hall–Kier alpha value is -0.860. The van der Waals surface area contributed by atoms with Crippen LogP contribution in [0.2, 0.25) is 0 Å². The predicted molar refractivity (Wildman–Crippen MR) is 75.6 cm³/mol. The van der Waals surface area contributed by atoms with Gasteiger partial charge in [0, 0.05) is 13.1 Å². The third-order valence-electron chi connectivity index (χ3n) is 4.27. The van der Waals surface area contributed by atoms with Gasteiger partial charge in [-0.25, -0.2) is 0 Å². The topological polar surface area (TPSA) is 23.5 Å². The third kappa shape index (κ3) is 3.12. The van der Waals surface area contributed by atoms with Crippen LogP contribution in [0.3, 0.4) is 0 Å². The molecule has 0 amide bonds. The first-order chi connectivity index (χ1) is 8.67. The Morgan fingerprint density at radius 2 is 1.83 bits per heavy atom. The molecular formula is C16H25NO. The van der Waals surface area contributed by atoms with Crippen LogP contribution in [-0.4, -0.2) is 28.7 Å². The highest BCUT2D eigenvalue weighted by atomic mass is 16.3. The van der Waals surface area contributed by atoms with E-state index in [4.69, 9.17) is 0 Å². The van der Waals surface area contributed by atoms with E-state index >= 15 is 0 Å². The SMILES string of the molecule is CCC(O)(CC)CN1CCCc2ccccc2C1. The maximum atomic E-state index is 10.5. The molecule has 0 aromatic heterocycles. The molecule has 2 heteroatoms. The minimum Gasteiger partial charge on any atom is -0.389 e. The molecule has 0 atom stereocenters. The highest BCUT2D eigenvalue weighted by Gasteiger charge is 2.26. The van der Waals surface area contributed by atoms with Gasteiger partial charge in [-0.2, -0.15) is 0 Å². The fourth-order valence-electron chi connectivity index (χ4n) is 2.79. The van der Waals surface area contributed by atoms with E-state index in [2.05, 4.69) is 43.0 Å². The summed E-state index contributed by atoms with van der Waals surface area (Å²) in [5, 5.41) is 10.5. The smallest absolute Gasteiger partial charge is 0.0769 e. The van der Waals surface area contributed by atoms with Gasteiger partial charge in [-0.1, -0.05) is 38.1 Å². The first-order valence-electron chi connectivity index (χ1n) is 7.18. The number of aryl methyl sites for hydroxylation is 1. The fourth-order valence-corrected chi connectivity index (χ4v) is 2.79. The summed E-state index contributed by atoms with van der Waals surface area (Å²) in [6.07, 6.45) is 4.03. The van der Waals surface area contributed by atoms with E-state index in [0.29, 0.717) is 0 Å². The summed E-state index contributed by atoms with van der Waals surface area (Å²) >= 11 is 0. The molecule has 1 aromatic carbocycles. The molecule has 0 aliphatic carbocycles. The van der Waals surface area contributed by atoms with Crippen molar-refractivity contribution in [3.05, 3.63) is 35.4 Å². The quantitative estimate of drug-likeness (QED) is 0.884. The molecule has 1 N–H and O–H groups in total. The maximum absolute atomic E-state index is 10.5. The average molecular weight is 247 g/mol. The summed E-state index contributed by atoms with van der Waals surface area (Å²) in [6.45, 7) is 7.04. The van der Waals surface area contributed by atoms with Gasteiger partial charge in [0.15, 0.2) is 0 Å². The van der Waals surface area contributed by atoms with Gasteiger partial charge < -0.3 is 5.11 Å². The van der Waals surface area contributed by atoms with Crippen molar-refractivity contribution in [2.24, 2.45) is 0 Å². The monoisotopic (exact) mass is 247 g/mol. The van der Waals surface area contributed by atoms with Crippen molar-refractivity contribution in [1.29, 1.82) is 0 Å². The van der Waals surface area contributed by atoms with Gasteiger partial charge in [0.2, 0.25) is 0 Å². The van der Waals surface area contributed by atoms with Crippen LogP contribution >= 0.6 is 0 Å². The highest BCUT2D eigenvalue weighted by molar-refractivity contribution is 5.28. The molecule has 18 heavy (non-hydrogen) atoms. The third-order valence-corrected chi connectivity index (χ3v) is 4.27. The second-order valence-corrected chi connectivity index (χ2v) is 5.51. The number of fused-ring (bicyclic) bond motifs is 1. The van der Waals surface area contributed by atoms with Gasteiger partial charge in [-0.3, -0.25) is 4.90 Å². The van der Waals surface area contributed by atoms with E-state index in [-0.39, 0.29) is 0 Å². The van der Waals surface area contributed by atoms with Gasteiger partial charge in [-0.15, -0.1) is 0 Å². The molecule has 0 unspecified atom stereocenters. The van der Waals surface area contributed by atoms with Gasteiger partial charge >= 0.3 is 0 Å². The average Bonchev–Trinajstić information content (AvgIpc) is 2.60.